The van der Waals surface area contributed by atoms with Gasteiger partial charge in [0, 0.05) is 11.6 Å². The Balaban J connectivity index is 2.49. The molecule has 0 saturated carbocycles. The van der Waals surface area contributed by atoms with Crippen molar-refractivity contribution in [2.24, 2.45) is 0 Å². The van der Waals surface area contributed by atoms with E-state index in [0.717, 1.165) is 22.4 Å². The summed E-state index contributed by atoms with van der Waals surface area (Å²) in [6.45, 7) is 2.41. The van der Waals surface area contributed by atoms with Crippen LogP contribution in [0.25, 0.3) is 11.0 Å². The van der Waals surface area contributed by atoms with Gasteiger partial charge in [-0.3, -0.25) is 4.79 Å². The van der Waals surface area contributed by atoms with Crippen molar-refractivity contribution < 1.29 is 9.53 Å². The third-order valence-corrected chi connectivity index (χ3v) is 3.71. The van der Waals surface area contributed by atoms with E-state index in [4.69, 9.17) is 23.2 Å². The molecule has 0 radical (unpaired) electrons. The van der Waals surface area contributed by atoms with E-state index in [1.54, 1.807) is 0 Å². The first-order chi connectivity index (χ1) is 9.08. The van der Waals surface area contributed by atoms with Crippen LogP contribution in [0.4, 0.5) is 0 Å². The lowest BCUT2D eigenvalue weighted by Gasteiger charge is -2.09. The van der Waals surface area contributed by atoms with Crippen molar-refractivity contribution >= 4 is 40.2 Å². The van der Waals surface area contributed by atoms with Gasteiger partial charge < -0.3 is 9.30 Å². The summed E-state index contributed by atoms with van der Waals surface area (Å²) in [7, 11) is 1.37. The highest BCUT2D eigenvalue weighted by atomic mass is 35.5. The van der Waals surface area contributed by atoms with Gasteiger partial charge in [0.1, 0.15) is 5.82 Å². The normalized spacial score (nSPS) is 10.9. The summed E-state index contributed by atoms with van der Waals surface area (Å²) in [5.74, 6) is 0.750. The molecule has 0 bridgehead atoms. The molecule has 0 spiro atoms. The molecule has 0 N–H and O–H groups in total. The van der Waals surface area contributed by atoms with E-state index >= 15 is 0 Å². The first-order valence-corrected chi connectivity index (χ1v) is 6.76. The molecule has 0 amide bonds. The highest BCUT2D eigenvalue weighted by Gasteiger charge is 2.14. The highest BCUT2D eigenvalue weighted by Crippen LogP contribution is 2.27. The number of hydrogen-bond donors (Lipinski definition) is 0. The molecule has 0 aliphatic rings. The number of aryl methyl sites for hydroxylation is 2. The van der Waals surface area contributed by atoms with E-state index in [0.29, 0.717) is 11.6 Å². The number of nitrogens with zero attached hydrogens (tertiary/aromatic N) is 2. The minimum Gasteiger partial charge on any atom is -0.469 e. The quantitative estimate of drug-likeness (QED) is 0.643. The molecule has 19 heavy (non-hydrogen) atoms. The van der Waals surface area contributed by atoms with Gasteiger partial charge in [-0.1, -0.05) is 11.6 Å². The van der Waals surface area contributed by atoms with Crippen LogP contribution in [0.1, 0.15) is 17.8 Å². The summed E-state index contributed by atoms with van der Waals surface area (Å²) >= 11 is 12.0. The zero-order valence-corrected chi connectivity index (χ0v) is 12.3. The number of halogens is 2. The second-order valence-corrected chi connectivity index (χ2v) is 4.85. The Kier molecular flexibility index (Phi) is 4.32. The molecular formula is C13H14Cl2N2O2. The zero-order chi connectivity index (χ0) is 14.0. The molecule has 6 heteroatoms. The summed E-state index contributed by atoms with van der Waals surface area (Å²) < 4.78 is 6.59. The first kappa shape index (κ1) is 14.2. The number of imidazole rings is 1. The summed E-state index contributed by atoms with van der Waals surface area (Å²) in [4.78, 5) is 15.7. The second-order valence-electron chi connectivity index (χ2n) is 4.18. The van der Waals surface area contributed by atoms with Crippen LogP contribution < -0.4 is 0 Å². The lowest BCUT2D eigenvalue weighted by atomic mass is 10.2. The molecule has 0 aliphatic heterocycles. The summed E-state index contributed by atoms with van der Waals surface area (Å²) in [5, 5.41) is 0.674. The number of benzene rings is 1. The molecule has 2 rings (SSSR count). The Bertz CT molecular complexity index is 623. The lowest BCUT2D eigenvalue weighted by Crippen LogP contribution is -2.09. The van der Waals surface area contributed by atoms with E-state index in [1.165, 1.54) is 7.11 Å². The van der Waals surface area contributed by atoms with Crippen LogP contribution in [0, 0.1) is 6.92 Å². The lowest BCUT2D eigenvalue weighted by molar-refractivity contribution is -0.140. The SMILES string of the molecule is COC(=O)CCn1c(CCl)nc2ccc(Cl)c(C)c21. The van der Waals surface area contributed by atoms with Gasteiger partial charge >= 0.3 is 5.97 Å². The monoisotopic (exact) mass is 300 g/mol. The van der Waals surface area contributed by atoms with E-state index < -0.39 is 0 Å². The molecule has 0 aliphatic carbocycles. The van der Waals surface area contributed by atoms with Gasteiger partial charge in [0.05, 0.1) is 30.4 Å². The number of methoxy groups -OCH3 is 1. The predicted octanol–water partition coefficient (Wildman–Crippen LogP) is 3.30. The van der Waals surface area contributed by atoms with Gasteiger partial charge in [-0.15, -0.1) is 11.6 Å². The highest BCUT2D eigenvalue weighted by molar-refractivity contribution is 6.32. The topological polar surface area (TPSA) is 44.1 Å². The molecule has 0 fully saturated rings. The third-order valence-electron chi connectivity index (χ3n) is 3.06. The Morgan fingerprint density at radius 1 is 1.47 bits per heavy atom. The van der Waals surface area contributed by atoms with Crippen LogP contribution in [0.15, 0.2) is 12.1 Å². The van der Waals surface area contributed by atoms with Crippen LogP contribution in [0.3, 0.4) is 0 Å². The van der Waals surface area contributed by atoms with Gasteiger partial charge in [0.15, 0.2) is 0 Å². The molecule has 1 heterocycles. The average Bonchev–Trinajstić information content (AvgIpc) is 2.78. The van der Waals surface area contributed by atoms with Crippen molar-refractivity contribution in [2.45, 2.75) is 25.8 Å². The van der Waals surface area contributed by atoms with Crippen molar-refractivity contribution in [3.63, 3.8) is 0 Å². The van der Waals surface area contributed by atoms with E-state index in [1.807, 2.05) is 23.6 Å². The number of esters is 1. The molecule has 2 aromatic rings. The number of fused-ring (bicyclic) bond motifs is 1. The Labute approximate surface area is 121 Å². The molecular weight excluding hydrogens is 287 g/mol. The van der Waals surface area contributed by atoms with Crippen LogP contribution in [-0.4, -0.2) is 22.6 Å². The van der Waals surface area contributed by atoms with Crippen molar-refractivity contribution in [1.82, 2.24) is 9.55 Å². The smallest absolute Gasteiger partial charge is 0.307 e. The number of hydrogen-bond acceptors (Lipinski definition) is 3. The van der Waals surface area contributed by atoms with E-state index in [-0.39, 0.29) is 18.3 Å². The third kappa shape index (κ3) is 2.69. The van der Waals surface area contributed by atoms with Crippen molar-refractivity contribution in [1.29, 1.82) is 0 Å². The van der Waals surface area contributed by atoms with Gasteiger partial charge in [-0.2, -0.15) is 0 Å². The Morgan fingerprint density at radius 3 is 2.84 bits per heavy atom. The first-order valence-electron chi connectivity index (χ1n) is 5.85. The molecule has 1 aromatic heterocycles. The standard InChI is InChI=1S/C13H14Cl2N2O2/c1-8-9(15)3-4-10-13(8)17(11(7-14)16-10)6-5-12(18)19-2/h3-4H,5-7H2,1-2H3. The molecule has 0 atom stereocenters. The van der Waals surface area contributed by atoms with Crippen molar-refractivity contribution in [3.8, 4) is 0 Å². The fraction of sp³-hybridized carbons (Fsp3) is 0.385. The van der Waals surface area contributed by atoms with Gasteiger partial charge in [0.2, 0.25) is 0 Å². The van der Waals surface area contributed by atoms with E-state index in [9.17, 15) is 4.79 Å². The number of aromatic nitrogens is 2. The number of carbonyl (C=O) groups excluding carboxylic acids is 1. The zero-order valence-electron chi connectivity index (χ0n) is 10.7. The van der Waals surface area contributed by atoms with Crippen LogP contribution in [0.2, 0.25) is 5.02 Å². The minimum absolute atomic E-state index is 0.262. The predicted molar refractivity (Wildman–Crippen MR) is 75.7 cm³/mol. The maximum Gasteiger partial charge on any atom is 0.307 e. The fourth-order valence-electron chi connectivity index (χ4n) is 2.07. The maximum absolute atomic E-state index is 11.3. The number of rotatable bonds is 4. The van der Waals surface area contributed by atoms with Crippen molar-refractivity contribution in [3.05, 3.63) is 28.5 Å². The van der Waals surface area contributed by atoms with Gasteiger partial charge in [0.25, 0.3) is 0 Å². The number of carbonyl (C=O) groups is 1. The maximum atomic E-state index is 11.3. The van der Waals surface area contributed by atoms with Gasteiger partial charge in [-0.05, 0) is 24.6 Å². The van der Waals surface area contributed by atoms with Gasteiger partial charge in [-0.25, -0.2) is 4.98 Å². The molecule has 0 unspecified atom stereocenters. The number of alkyl halides is 1. The molecule has 0 saturated heterocycles. The van der Waals surface area contributed by atoms with Crippen LogP contribution in [-0.2, 0) is 22.0 Å². The molecule has 4 nitrogen and oxygen atoms in total. The minimum atomic E-state index is -0.262. The van der Waals surface area contributed by atoms with Crippen LogP contribution >= 0.6 is 23.2 Å². The summed E-state index contributed by atoms with van der Waals surface area (Å²) in [6, 6.07) is 3.67. The summed E-state index contributed by atoms with van der Waals surface area (Å²) in [6.07, 6.45) is 0.276. The molecule has 102 valence electrons. The largest absolute Gasteiger partial charge is 0.469 e. The summed E-state index contributed by atoms with van der Waals surface area (Å²) in [5.41, 5.74) is 2.70. The number of ether oxygens (including phenoxy) is 1. The fourth-order valence-corrected chi connectivity index (χ4v) is 2.43. The van der Waals surface area contributed by atoms with Crippen LogP contribution in [0.5, 0.6) is 0 Å². The Hall–Kier alpha value is -1.26. The van der Waals surface area contributed by atoms with Crippen molar-refractivity contribution in [2.75, 3.05) is 7.11 Å². The van der Waals surface area contributed by atoms with E-state index in [2.05, 4.69) is 9.72 Å². The Morgan fingerprint density at radius 2 is 2.21 bits per heavy atom. The second kappa shape index (κ2) is 5.80. The average molecular weight is 301 g/mol. The molecule has 1 aromatic carbocycles.